The smallest absolute Gasteiger partial charge is 0.340 e. The van der Waals surface area contributed by atoms with Gasteiger partial charge in [0.1, 0.15) is 0 Å². The standard InChI is InChI=1S/C14H20N2O2/c1-14(2,9-7-8-9)16-11-6-4-5-10(12(11)15)13(17)18-3/h4-6,9,16H,7-8,15H2,1-3H3. The van der Waals surface area contributed by atoms with E-state index in [4.69, 9.17) is 10.5 Å². The highest BCUT2D eigenvalue weighted by Crippen LogP contribution is 2.42. The Morgan fingerprint density at radius 3 is 2.67 bits per heavy atom. The van der Waals surface area contributed by atoms with E-state index in [1.165, 1.54) is 20.0 Å². The van der Waals surface area contributed by atoms with Gasteiger partial charge in [0.05, 0.1) is 24.0 Å². The van der Waals surface area contributed by atoms with E-state index in [0.29, 0.717) is 17.2 Å². The van der Waals surface area contributed by atoms with Gasteiger partial charge in [-0.05, 0) is 44.7 Å². The minimum Gasteiger partial charge on any atom is -0.465 e. The maximum absolute atomic E-state index is 11.6. The van der Waals surface area contributed by atoms with Crippen LogP contribution in [-0.4, -0.2) is 18.6 Å². The van der Waals surface area contributed by atoms with Crippen LogP contribution in [-0.2, 0) is 4.74 Å². The molecule has 3 N–H and O–H groups in total. The number of esters is 1. The summed E-state index contributed by atoms with van der Waals surface area (Å²) in [4.78, 5) is 11.6. The van der Waals surface area contributed by atoms with E-state index in [-0.39, 0.29) is 5.54 Å². The fraction of sp³-hybridized carbons (Fsp3) is 0.500. The average molecular weight is 248 g/mol. The van der Waals surface area contributed by atoms with Gasteiger partial charge in [0.2, 0.25) is 0 Å². The van der Waals surface area contributed by atoms with Crippen molar-refractivity contribution in [3.63, 3.8) is 0 Å². The molecule has 18 heavy (non-hydrogen) atoms. The van der Waals surface area contributed by atoms with Crippen LogP contribution in [0.25, 0.3) is 0 Å². The lowest BCUT2D eigenvalue weighted by Gasteiger charge is -2.28. The first-order valence-electron chi connectivity index (χ1n) is 6.20. The molecule has 4 heteroatoms. The van der Waals surface area contributed by atoms with Gasteiger partial charge in [-0.2, -0.15) is 0 Å². The molecule has 1 aliphatic rings. The second-order valence-electron chi connectivity index (χ2n) is 5.38. The second kappa shape index (κ2) is 4.52. The van der Waals surface area contributed by atoms with Gasteiger partial charge in [0, 0.05) is 5.54 Å². The van der Waals surface area contributed by atoms with Gasteiger partial charge in [0.15, 0.2) is 0 Å². The number of hydrogen-bond donors (Lipinski definition) is 2. The Balaban J connectivity index is 2.25. The van der Waals surface area contributed by atoms with E-state index in [1.54, 1.807) is 6.07 Å². The van der Waals surface area contributed by atoms with E-state index in [1.807, 2.05) is 12.1 Å². The molecule has 0 aliphatic heterocycles. The summed E-state index contributed by atoms with van der Waals surface area (Å²) in [6.07, 6.45) is 2.49. The Morgan fingerprint density at radius 2 is 2.11 bits per heavy atom. The summed E-state index contributed by atoms with van der Waals surface area (Å²) in [7, 11) is 1.36. The number of nitrogens with one attached hydrogen (secondary N) is 1. The number of carbonyl (C=O) groups is 1. The van der Waals surface area contributed by atoms with E-state index in [0.717, 1.165) is 5.69 Å². The molecule has 0 bridgehead atoms. The number of ether oxygens (including phenoxy) is 1. The summed E-state index contributed by atoms with van der Waals surface area (Å²) in [6.45, 7) is 4.32. The number of rotatable bonds is 4. The molecule has 4 nitrogen and oxygen atoms in total. The highest BCUT2D eigenvalue weighted by Gasteiger charge is 2.38. The first-order valence-corrected chi connectivity index (χ1v) is 6.20. The molecular formula is C14H20N2O2. The van der Waals surface area contributed by atoms with Crippen molar-refractivity contribution in [1.29, 1.82) is 0 Å². The van der Waals surface area contributed by atoms with E-state index >= 15 is 0 Å². The van der Waals surface area contributed by atoms with Gasteiger partial charge in [0.25, 0.3) is 0 Å². The van der Waals surface area contributed by atoms with Gasteiger partial charge in [-0.15, -0.1) is 0 Å². The number of nitrogens with two attached hydrogens (primary N) is 1. The van der Waals surface area contributed by atoms with Crippen molar-refractivity contribution in [2.75, 3.05) is 18.2 Å². The average Bonchev–Trinajstić information content (AvgIpc) is 3.15. The predicted octanol–water partition coefficient (Wildman–Crippen LogP) is 2.66. The van der Waals surface area contributed by atoms with Gasteiger partial charge < -0.3 is 15.8 Å². The highest BCUT2D eigenvalue weighted by atomic mass is 16.5. The van der Waals surface area contributed by atoms with Crippen molar-refractivity contribution >= 4 is 17.3 Å². The van der Waals surface area contributed by atoms with Crippen LogP contribution in [0.2, 0.25) is 0 Å². The van der Waals surface area contributed by atoms with Crippen LogP contribution in [0.3, 0.4) is 0 Å². The Hall–Kier alpha value is -1.71. The minimum atomic E-state index is -0.402. The highest BCUT2D eigenvalue weighted by molar-refractivity contribution is 5.98. The summed E-state index contributed by atoms with van der Waals surface area (Å²) in [5.41, 5.74) is 7.70. The van der Waals surface area contributed by atoms with Crippen molar-refractivity contribution in [3.05, 3.63) is 23.8 Å². The molecule has 0 heterocycles. The zero-order valence-corrected chi connectivity index (χ0v) is 11.1. The normalized spacial score (nSPS) is 15.3. The van der Waals surface area contributed by atoms with Crippen LogP contribution in [0.15, 0.2) is 18.2 Å². The summed E-state index contributed by atoms with van der Waals surface area (Å²) >= 11 is 0. The molecule has 2 rings (SSSR count). The SMILES string of the molecule is COC(=O)c1cccc(NC(C)(C)C2CC2)c1N. The molecule has 1 fully saturated rings. The van der Waals surface area contributed by atoms with Gasteiger partial charge in [-0.1, -0.05) is 6.07 Å². The molecule has 0 radical (unpaired) electrons. The zero-order valence-electron chi connectivity index (χ0n) is 11.1. The molecule has 98 valence electrons. The molecule has 1 saturated carbocycles. The number of methoxy groups -OCH3 is 1. The maximum atomic E-state index is 11.6. The molecule has 0 atom stereocenters. The van der Waals surface area contributed by atoms with Crippen LogP contribution in [0.5, 0.6) is 0 Å². The third-order valence-electron chi connectivity index (χ3n) is 3.57. The summed E-state index contributed by atoms with van der Waals surface area (Å²) in [5, 5.41) is 3.44. The Bertz CT molecular complexity index is 465. The van der Waals surface area contributed by atoms with Crippen LogP contribution in [0.4, 0.5) is 11.4 Å². The van der Waals surface area contributed by atoms with Crippen LogP contribution in [0.1, 0.15) is 37.0 Å². The number of para-hydroxylation sites is 1. The molecule has 1 aromatic carbocycles. The predicted molar refractivity (Wildman–Crippen MR) is 72.6 cm³/mol. The van der Waals surface area contributed by atoms with Gasteiger partial charge in [-0.3, -0.25) is 0 Å². The molecule has 1 aromatic rings. The van der Waals surface area contributed by atoms with Crippen molar-refractivity contribution in [2.45, 2.75) is 32.2 Å². The second-order valence-corrected chi connectivity index (χ2v) is 5.38. The minimum absolute atomic E-state index is 0.00284. The fourth-order valence-electron chi connectivity index (χ4n) is 2.22. The molecule has 0 spiro atoms. The summed E-state index contributed by atoms with van der Waals surface area (Å²) in [5.74, 6) is 0.277. The number of carbonyl (C=O) groups excluding carboxylic acids is 1. The molecule has 0 saturated heterocycles. The molecule has 0 unspecified atom stereocenters. The monoisotopic (exact) mass is 248 g/mol. The van der Waals surface area contributed by atoms with Crippen molar-refractivity contribution < 1.29 is 9.53 Å². The van der Waals surface area contributed by atoms with Crippen LogP contribution in [0, 0.1) is 5.92 Å². The number of benzene rings is 1. The Kier molecular flexibility index (Phi) is 3.20. The van der Waals surface area contributed by atoms with Crippen molar-refractivity contribution in [2.24, 2.45) is 5.92 Å². The molecule has 1 aliphatic carbocycles. The number of hydrogen-bond acceptors (Lipinski definition) is 4. The van der Waals surface area contributed by atoms with Crippen molar-refractivity contribution in [3.8, 4) is 0 Å². The number of anilines is 2. The first-order chi connectivity index (χ1) is 8.45. The topological polar surface area (TPSA) is 64.3 Å². The molecular weight excluding hydrogens is 228 g/mol. The van der Waals surface area contributed by atoms with E-state index in [9.17, 15) is 4.79 Å². The molecule has 0 aromatic heterocycles. The Morgan fingerprint density at radius 1 is 1.44 bits per heavy atom. The van der Waals surface area contributed by atoms with Crippen LogP contribution < -0.4 is 11.1 Å². The number of nitrogen functional groups attached to an aromatic ring is 1. The summed E-state index contributed by atoms with van der Waals surface area (Å²) < 4.78 is 4.72. The zero-order chi connectivity index (χ0) is 13.3. The lowest BCUT2D eigenvalue weighted by atomic mass is 9.97. The van der Waals surface area contributed by atoms with E-state index in [2.05, 4.69) is 19.2 Å². The van der Waals surface area contributed by atoms with Gasteiger partial charge >= 0.3 is 5.97 Å². The van der Waals surface area contributed by atoms with E-state index < -0.39 is 5.97 Å². The quantitative estimate of drug-likeness (QED) is 0.635. The third kappa shape index (κ3) is 2.42. The summed E-state index contributed by atoms with van der Waals surface area (Å²) in [6, 6.07) is 5.39. The van der Waals surface area contributed by atoms with Gasteiger partial charge in [-0.25, -0.2) is 4.79 Å². The van der Waals surface area contributed by atoms with Crippen LogP contribution >= 0.6 is 0 Å². The maximum Gasteiger partial charge on any atom is 0.340 e. The first kappa shape index (κ1) is 12.7. The third-order valence-corrected chi connectivity index (χ3v) is 3.57. The lowest BCUT2D eigenvalue weighted by Crippen LogP contribution is -2.33. The fourth-order valence-corrected chi connectivity index (χ4v) is 2.22. The largest absolute Gasteiger partial charge is 0.465 e. The van der Waals surface area contributed by atoms with Crippen molar-refractivity contribution in [1.82, 2.24) is 0 Å². The Labute approximate surface area is 108 Å². The lowest BCUT2D eigenvalue weighted by molar-refractivity contribution is 0.0602. The molecule has 0 amide bonds.